The highest BCUT2D eigenvalue weighted by Crippen LogP contribution is 2.33. The van der Waals surface area contributed by atoms with Crippen molar-refractivity contribution >= 4 is 0 Å². The van der Waals surface area contributed by atoms with Crippen LogP contribution in [0.5, 0.6) is 0 Å². The van der Waals surface area contributed by atoms with E-state index in [0.29, 0.717) is 0 Å². The molecule has 2 N–H and O–H groups in total. The Morgan fingerprint density at radius 1 is 1.26 bits per heavy atom. The van der Waals surface area contributed by atoms with Gasteiger partial charge in [0.25, 0.3) is 0 Å². The van der Waals surface area contributed by atoms with E-state index in [0.717, 1.165) is 56.9 Å². The lowest BCUT2D eigenvalue weighted by Crippen LogP contribution is -2.24. The minimum Gasteiger partial charge on any atom is -0.390 e. The van der Waals surface area contributed by atoms with Gasteiger partial charge in [0.2, 0.25) is 0 Å². The summed E-state index contributed by atoms with van der Waals surface area (Å²) in [6.07, 6.45) is 7.43. The Labute approximate surface area is 116 Å². The van der Waals surface area contributed by atoms with Gasteiger partial charge in [-0.05, 0) is 43.2 Å². The summed E-state index contributed by atoms with van der Waals surface area (Å²) in [6, 6.07) is 8.20. The lowest BCUT2D eigenvalue weighted by Gasteiger charge is -2.22. The fourth-order valence-corrected chi connectivity index (χ4v) is 3.06. The van der Waals surface area contributed by atoms with Gasteiger partial charge in [-0.2, -0.15) is 0 Å². The Hall–Kier alpha value is -0.860. The van der Waals surface area contributed by atoms with Crippen molar-refractivity contribution in [3.63, 3.8) is 0 Å². The highest BCUT2D eigenvalue weighted by molar-refractivity contribution is 5.25. The molecule has 1 aliphatic carbocycles. The molecule has 2 rings (SSSR count). The smallest absolute Gasteiger partial charge is 0.0790 e. The Kier molecular flexibility index (Phi) is 5.00. The van der Waals surface area contributed by atoms with Crippen molar-refractivity contribution in [1.82, 2.24) is 0 Å². The lowest BCUT2D eigenvalue weighted by molar-refractivity contribution is 0.0391. The number of aliphatic hydroxyl groups excluding tert-OH is 1. The van der Waals surface area contributed by atoms with E-state index >= 15 is 0 Å². The van der Waals surface area contributed by atoms with Gasteiger partial charge in [-0.3, -0.25) is 0 Å². The molecule has 0 amide bonds. The average Bonchev–Trinajstić information content (AvgIpc) is 2.85. The molecule has 0 heterocycles. The van der Waals surface area contributed by atoms with Crippen molar-refractivity contribution in [2.45, 2.75) is 70.0 Å². The molecule has 0 saturated heterocycles. The molecule has 0 radical (unpaired) electrons. The van der Waals surface area contributed by atoms with Gasteiger partial charge in [0.05, 0.1) is 11.7 Å². The SMILES string of the molecule is CCCC(O)c1cccc(CCC2(O)CCCC2)c1. The van der Waals surface area contributed by atoms with Crippen molar-refractivity contribution in [3.05, 3.63) is 35.4 Å². The van der Waals surface area contributed by atoms with Crippen LogP contribution in [0.25, 0.3) is 0 Å². The summed E-state index contributed by atoms with van der Waals surface area (Å²) in [4.78, 5) is 0. The average molecular weight is 262 g/mol. The first kappa shape index (κ1) is 14.5. The third-order valence-electron chi connectivity index (χ3n) is 4.31. The molecular weight excluding hydrogens is 236 g/mol. The van der Waals surface area contributed by atoms with E-state index in [4.69, 9.17) is 0 Å². The number of benzene rings is 1. The Morgan fingerprint density at radius 2 is 2.00 bits per heavy atom. The molecule has 0 spiro atoms. The summed E-state index contributed by atoms with van der Waals surface area (Å²) < 4.78 is 0. The Balaban J connectivity index is 1.95. The summed E-state index contributed by atoms with van der Waals surface area (Å²) >= 11 is 0. The second kappa shape index (κ2) is 6.53. The third kappa shape index (κ3) is 4.05. The second-order valence-corrected chi connectivity index (χ2v) is 5.98. The van der Waals surface area contributed by atoms with Gasteiger partial charge >= 0.3 is 0 Å². The largest absolute Gasteiger partial charge is 0.390 e. The summed E-state index contributed by atoms with van der Waals surface area (Å²) in [5, 5.41) is 20.4. The number of aryl methyl sites for hydroxylation is 1. The summed E-state index contributed by atoms with van der Waals surface area (Å²) in [5.41, 5.74) is 1.81. The molecule has 1 aromatic rings. The first-order valence-electron chi connectivity index (χ1n) is 7.62. The van der Waals surface area contributed by atoms with E-state index < -0.39 is 5.60 Å². The van der Waals surface area contributed by atoms with Gasteiger partial charge in [-0.25, -0.2) is 0 Å². The van der Waals surface area contributed by atoms with Crippen LogP contribution in [0.4, 0.5) is 0 Å². The fourth-order valence-electron chi connectivity index (χ4n) is 3.06. The van der Waals surface area contributed by atoms with Gasteiger partial charge in [0, 0.05) is 0 Å². The molecule has 1 unspecified atom stereocenters. The van der Waals surface area contributed by atoms with E-state index in [1.165, 1.54) is 5.56 Å². The van der Waals surface area contributed by atoms with Gasteiger partial charge in [0.1, 0.15) is 0 Å². The zero-order valence-electron chi connectivity index (χ0n) is 11.9. The normalized spacial score (nSPS) is 19.5. The van der Waals surface area contributed by atoms with Gasteiger partial charge in [0.15, 0.2) is 0 Å². The van der Waals surface area contributed by atoms with Crippen molar-refractivity contribution < 1.29 is 10.2 Å². The van der Waals surface area contributed by atoms with E-state index in [2.05, 4.69) is 19.1 Å². The maximum atomic E-state index is 10.4. The lowest BCUT2D eigenvalue weighted by atomic mass is 9.92. The molecule has 2 heteroatoms. The highest BCUT2D eigenvalue weighted by atomic mass is 16.3. The van der Waals surface area contributed by atoms with Crippen LogP contribution in [0, 0.1) is 0 Å². The topological polar surface area (TPSA) is 40.5 Å². The molecule has 1 aromatic carbocycles. The van der Waals surface area contributed by atoms with Crippen LogP contribution in [0.2, 0.25) is 0 Å². The molecule has 2 nitrogen and oxygen atoms in total. The number of hydrogen-bond acceptors (Lipinski definition) is 2. The van der Waals surface area contributed by atoms with Gasteiger partial charge in [-0.15, -0.1) is 0 Å². The van der Waals surface area contributed by atoms with Crippen LogP contribution >= 0.6 is 0 Å². The van der Waals surface area contributed by atoms with Crippen LogP contribution in [0.1, 0.15) is 69.1 Å². The minimum absolute atomic E-state index is 0.348. The zero-order valence-corrected chi connectivity index (χ0v) is 11.9. The van der Waals surface area contributed by atoms with Crippen LogP contribution in [0.3, 0.4) is 0 Å². The molecule has 1 fully saturated rings. The predicted molar refractivity (Wildman–Crippen MR) is 78.0 cm³/mol. The van der Waals surface area contributed by atoms with Crippen LogP contribution in [-0.4, -0.2) is 15.8 Å². The standard InChI is InChI=1S/C17H26O2/c1-2-6-16(18)15-8-5-7-14(13-15)9-12-17(19)10-3-4-11-17/h5,7-8,13,16,18-19H,2-4,6,9-12H2,1H3. The predicted octanol–water partition coefficient (Wildman–Crippen LogP) is 3.76. The molecule has 0 aromatic heterocycles. The van der Waals surface area contributed by atoms with Crippen molar-refractivity contribution in [3.8, 4) is 0 Å². The third-order valence-corrected chi connectivity index (χ3v) is 4.31. The number of hydrogen-bond donors (Lipinski definition) is 2. The van der Waals surface area contributed by atoms with E-state index in [1.807, 2.05) is 12.1 Å². The van der Waals surface area contributed by atoms with Crippen molar-refractivity contribution in [1.29, 1.82) is 0 Å². The molecule has 0 bridgehead atoms. The summed E-state index contributed by atoms with van der Waals surface area (Å²) in [6.45, 7) is 2.09. The Morgan fingerprint density at radius 3 is 2.68 bits per heavy atom. The summed E-state index contributed by atoms with van der Waals surface area (Å²) in [7, 11) is 0. The fraction of sp³-hybridized carbons (Fsp3) is 0.647. The van der Waals surface area contributed by atoms with E-state index in [-0.39, 0.29) is 6.10 Å². The maximum Gasteiger partial charge on any atom is 0.0790 e. The van der Waals surface area contributed by atoms with Crippen LogP contribution < -0.4 is 0 Å². The molecular formula is C17H26O2. The van der Waals surface area contributed by atoms with E-state index in [9.17, 15) is 10.2 Å². The molecule has 1 atom stereocenters. The van der Waals surface area contributed by atoms with Gasteiger partial charge in [-0.1, -0.05) is 50.5 Å². The molecule has 1 saturated carbocycles. The molecule has 106 valence electrons. The zero-order chi connectivity index (χ0) is 13.7. The molecule has 19 heavy (non-hydrogen) atoms. The monoisotopic (exact) mass is 262 g/mol. The highest BCUT2D eigenvalue weighted by Gasteiger charge is 2.30. The second-order valence-electron chi connectivity index (χ2n) is 5.98. The first-order chi connectivity index (χ1) is 9.13. The van der Waals surface area contributed by atoms with Crippen LogP contribution in [-0.2, 0) is 6.42 Å². The molecule has 0 aliphatic heterocycles. The van der Waals surface area contributed by atoms with Gasteiger partial charge < -0.3 is 10.2 Å². The summed E-state index contributed by atoms with van der Waals surface area (Å²) in [5.74, 6) is 0. The minimum atomic E-state index is -0.433. The molecule has 1 aliphatic rings. The van der Waals surface area contributed by atoms with Crippen LogP contribution in [0.15, 0.2) is 24.3 Å². The number of aliphatic hydroxyl groups is 2. The van der Waals surface area contributed by atoms with Crippen molar-refractivity contribution in [2.75, 3.05) is 0 Å². The van der Waals surface area contributed by atoms with Crippen molar-refractivity contribution in [2.24, 2.45) is 0 Å². The quantitative estimate of drug-likeness (QED) is 0.819. The first-order valence-corrected chi connectivity index (χ1v) is 7.62. The maximum absolute atomic E-state index is 10.4. The number of rotatable bonds is 6. The Bertz CT molecular complexity index is 394. The van der Waals surface area contributed by atoms with E-state index in [1.54, 1.807) is 0 Å².